The van der Waals surface area contributed by atoms with Gasteiger partial charge in [0.1, 0.15) is 24.4 Å². The number of ether oxygens (including phenoxy) is 1. The maximum Gasteiger partial charge on any atom is 0.300 e. The smallest absolute Gasteiger partial charge is 0.300 e. The molecule has 0 unspecified atom stereocenters. The first-order valence-corrected chi connectivity index (χ1v) is 20.3. The van der Waals surface area contributed by atoms with Gasteiger partial charge in [-0.3, -0.25) is 9.44 Å². The molecule has 0 atom stereocenters. The number of nitrogens with one attached hydrogen (secondary N) is 4. The van der Waals surface area contributed by atoms with E-state index in [1.165, 1.54) is 12.7 Å². The van der Waals surface area contributed by atoms with Gasteiger partial charge >= 0.3 is 20.4 Å². The van der Waals surface area contributed by atoms with Crippen LogP contribution in [0, 0.1) is 0 Å². The molecule has 0 saturated carbocycles. The number of aromatic nitrogens is 4. The van der Waals surface area contributed by atoms with Crippen LogP contribution in [-0.4, -0.2) is 55.1 Å². The van der Waals surface area contributed by atoms with Crippen molar-refractivity contribution >= 4 is 66.9 Å². The van der Waals surface area contributed by atoms with Crippen LogP contribution < -0.4 is 23.6 Å². The van der Waals surface area contributed by atoms with Gasteiger partial charge in [0.15, 0.2) is 11.6 Å². The molecule has 14 nitrogen and oxygen atoms in total. The van der Waals surface area contributed by atoms with E-state index in [9.17, 15) is 16.8 Å². The van der Waals surface area contributed by atoms with Gasteiger partial charge in [0, 0.05) is 23.1 Å². The molecular formula is C36H33Cl3N8O6S2. The van der Waals surface area contributed by atoms with Crippen LogP contribution in [0.4, 0.5) is 11.6 Å². The zero-order valence-corrected chi connectivity index (χ0v) is 32.5. The number of hydrogen-bond donors (Lipinski definition) is 5. The lowest BCUT2D eigenvalue weighted by Crippen LogP contribution is -2.30. The fraction of sp³-hybridized carbons (Fsp3) is 0.111. The summed E-state index contributed by atoms with van der Waals surface area (Å²) in [6, 6.07) is 31.8. The lowest BCUT2D eigenvalue weighted by atomic mass is 10.1. The molecule has 6 rings (SSSR count). The summed E-state index contributed by atoms with van der Waals surface area (Å²) in [4.78, 5) is 16.1. The predicted octanol–water partition coefficient (Wildman–Crippen LogP) is 6.51. The third kappa shape index (κ3) is 12.6. The highest BCUT2D eigenvalue weighted by Gasteiger charge is 2.21. The standard InChI is InChI=1S/C19H19ClN4O4S.C17H14Cl2N4O2S/c20-16-8-6-15(7-9-16)17-18(21-13-22-19(17)28-11-10-25)24-29(26,27)23-12-14-4-2-1-3-5-14;18-14-8-6-13(7-9-14)15-16(19)20-11-21-17(15)23-26(24,25)22-10-12-4-2-1-3-5-12/h1-9,13,23,25H,10-12H2,(H,21,22,24);1-9,11,22H,10H2,(H,20,21,23). The van der Waals surface area contributed by atoms with Crippen LogP contribution in [0.5, 0.6) is 5.88 Å². The summed E-state index contributed by atoms with van der Waals surface area (Å²) in [6.07, 6.45) is 2.37. The van der Waals surface area contributed by atoms with E-state index in [0.29, 0.717) is 32.3 Å². The number of aliphatic hydroxyl groups excluding tert-OH is 1. The summed E-state index contributed by atoms with van der Waals surface area (Å²) >= 11 is 18.0. The van der Waals surface area contributed by atoms with Crippen LogP contribution in [0.2, 0.25) is 15.2 Å². The number of hydrogen-bond acceptors (Lipinski definition) is 10. The molecule has 0 spiro atoms. The maximum atomic E-state index is 12.6. The number of benzene rings is 4. The molecule has 2 heterocycles. The highest BCUT2D eigenvalue weighted by Crippen LogP contribution is 2.35. The Hall–Kier alpha value is -4.91. The van der Waals surface area contributed by atoms with E-state index in [2.05, 4.69) is 38.8 Å². The first kappa shape index (κ1) is 41.3. The van der Waals surface area contributed by atoms with Crippen LogP contribution >= 0.6 is 34.8 Å². The molecule has 0 amide bonds. The van der Waals surface area contributed by atoms with Crippen molar-refractivity contribution in [1.82, 2.24) is 29.4 Å². The fourth-order valence-corrected chi connectivity index (χ4v) is 6.93. The van der Waals surface area contributed by atoms with E-state index in [0.717, 1.165) is 11.1 Å². The number of nitrogens with zero attached hydrogens (tertiary/aromatic N) is 4. The van der Waals surface area contributed by atoms with E-state index in [4.69, 9.17) is 44.6 Å². The molecule has 0 fully saturated rings. The molecule has 0 radical (unpaired) electrons. The molecule has 19 heteroatoms. The number of halogens is 3. The molecule has 0 aliphatic heterocycles. The van der Waals surface area contributed by atoms with Gasteiger partial charge in [0.05, 0.1) is 17.7 Å². The van der Waals surface area contributed by atoms with Crippen LogP contribution in [0.15, 0.2) is 122 Å². The van der Waals surface area contributed by atoms with Gasteiger partial charge in [-0.1, -0.05) is 120 Å². The summed E-state index contributed by atoms with van der Waals surface area (Å²) in [7, 11) is -7.79. The Balaban J connectivity index is 0.000000212. The summed E-state index contributed by atoms with van der Waals surface area (Å²) in [6.45, 7) is 0.0382. The highest BCUT2D eigenvalue weighted by molar-refractivity contribution is 7.91. The van der Waals surface area contributed by atoms with E-state index in [1.807, 2.05) is 60.7 Å². The molecule has 55 heavy (non-hydrogen) atoms. The molecule has 5 N–H and O–H groups in total. The minimum Gasteiger partial charge on any atom is -0.475 e. The second kappa shape index (κ2) is 19.6. The Morgan fingerprint density at radius 1 is 0.564 bits per heavy atom. The zero-order valence-electron chi connectivity index (χ0n) is 28.6. The lowest BCUT2D eigenvalue weighted by molar-refractivity contribution is 0.197. The molecule has 0 aliphatic rings. The summed E-state index contributed by atoms with van der Waals surface area (Å²) < 4.78 is 65.1. The maximum absolute atomic E-state index is 12.6. The number of rotatable bonds is 15. The number of anilines is 2. The molecule has 0 aliphatic carbocycles. The SMILES string of the molecule is O=S(=O)(NCc1ccccc1)Nc1ncnc(Cl)c1-c1ccc(Cl)cc1.O=S(=O)(NCc1ccccc1)Nc1ncnc(OCCO)c1-c1ccc(Cl)cc1. The van der Waals surface area contributed by atoms with Gasteiger partial charge in [-0.25, -0.2) is 19.9 Å². The average Bonchev–Trinajstić information content (AvgIpc) is 3.17. The van der Waals surface area contributed by atoms with Crippen molar-refractivity contribution < 1.29 is 26.7 Å². The molecular weight excluding hydrogens is 811 g/mol. The van der Waals surface area contributed by atoms with Crippen molar-refractivity contribution in [2.45, 2.75) is 13.1 Å². The number of aliphatic hydroxyl groups is 1. The van der Waals surface area contributed by atoms with Crippen LogP contribution in [-0.2, 0) is 33.5 Å². The lowest BCUT2D eigenvalue weighted by Gasteiger charge is -2.15. The van der Waals surface area contributed by atoms with E-state index in [1.54, 1.807) is 48.5 Å². The van der Waals surface area contributed by atoms with E-state index in [-0.39, 0.29) is 49.0 Å². The second-order valence-corrected chi connectivity index (χ2v) is 15.4. The summed E-state index contributed by atoms with van der Waals surface area (Å²) in [5.74, 6) is 0.251. The van der Waals surface area contributed by atoms with Crippen molar-refractivity contribution in [3.63, 3.8) is 0 Å². The minimum absolute atomic E-state index is 0.00392. The van der Waals surface area contributed by atoms with Crippen molar-refractivity contribution in [3.8, 4) is 28.1 Å². The van der Waals surface area contributed by atoms with Gasteiger partial charge in [-0.05, 0) is 46.5 Å². The Kier molecular flexibility index (Phi) is 14.7. The van der Waals surface area contributed by atoms with Crippen LogP contribution in [0.1, 0.15) is 11.1 Å². The first-order valence-electron chi connectivity index (χ1n) is 16.2. The summed E-state index contributed by atoms with van der Waals surface area (Å²) in [5.41, 5.74) is 3.59. The monoisotopic (exact) mass is 842 g/mol. The molecule has 4 aromatic carbocycles. The fourth-order valence-electron chi connectivity index (χ4n) is 4.76. The van der Waals surface area contributed by atoms with Gasteiger partial charge in [-0.2, -0.15) is 26.3 Å². The van der Waals surface area contributed by atoms with Crippen molar-refractivity contribution in [3.05, 3.63) is 148 Å². The quantitative estimate of drug-likeness (QED) is 0.0711. The second-order valence-electron chi connectivity index (χ2n) is 11.2. The largest absolute Gasteiger partial charge is 0.475 e. The highest BCUT2D eigenvalue weighted by atomic mass is 35.5. The first-order chi connectivity index (χ1) is 26.4. The Bertz CT molecular complexity index is 2380. The van der Waals surface area contributed by atoms with Gasteiger partial charge in [0.25, 0.3) is 0 Å². The topological polar surface area (TPSA) is 197 Å². The molecule has 286 valence electrons. The average molecular weight is 844 g/mol. The normalized spacial score (nSPS) is 11.3. The Labute approximate surface area is 333 Å². The van der Waals surface area contributed by atoms with E-state index >= 15 is 0 Å². The molecule has 6 aromatic rings. The minimum atomic E-state index is -3.93. The van der Waals surface area contributed by atoms with Gasteiger partial charge in [-0.15, -0.1) is 0 Å². The van der Waals surface area contributed by atoms with Gasteiger partial charge < -0.3 is 9.84 Å². The van der Waals surface area contributed by atoms with Crippen molar-refractivity contribution in [2.24, 2.45) is 0 Å². The summed E-state index contributed by atoms with van der Waals surface area (Å²) in [5, 5.41) is 10.3. The third-order valence-electron chi connectivity index (χ3n) is 7.29. The Morgan fingerprint density at radius 2 is 1.00 bits per heavy atom. The van der Waals surface area contributed by atoms with Crippen LogP contribution in [0.3, 0.4) is 0 Å². The third-order valence-corrected chi connectivity index (χ3v) is 10.1. The van der Waals surface area contributed by atoms with Crippen molar-refractivity contribution in [2.75, 3.05) is 22.7 Å². The zero-order chi connectivity index (χ0) is 39.3. The molecule has 0 bridgehead atoms. The molecule has 2 aromatic heterocycles. The predicted molar refractivity (Wildman–Crippen MR) is 214 cm³/mol. The Morgan fingerprint density at radius 3 is 1.47 bits per heavy atom. The van der Waals surface area contributed by atoms with Gasteiger partial charge in [0.2, 0.25) is 5.88 Å². The van der Waals surface area contributed by atoms with Crippen molar-refractivity contribution in [1.29, 1.82) is 0 Å². The van der Waals surface area contributed by atoms with Crippen LogP contribution in [0.25, 0.3) is 22.3 Å². The molecule has 0 saturated heterocycles. The van der Waals surface area contributed by atoms with E-state index < -0.39 is 20.4 Å².